The Kier molecular flexibility index (Phi) is 4.08. The summed E-state index contributed by atoms with van der Waals surface area (Å²) in [7, 11) is 0. The molecule has 74 valence electrons. The Morgan fingerprint density at radius 3 is 2.14 bits per heavy atom. The van der Waals surface area contributed by atoms with Crippen LogP contribution in [0.15, 0.2) is 27.1 Å². The van der Waals surface area contributed by atoms with Crippen molar-refractivity contribution in [2.75, 3.05) is 0 Å². The van der Waals surface area contributed by atoms with E-state index in [1.807, 2.05) is 0 Å². The van der Waals surface area contributed by atoms with Crippen molar-refractivity contribution in [2.45, 2.75) is 12.2 Å². The molecule has 1 aromatic rings. The molecule has 0 saturated heterocycles. The van der Waals surface area contributed by atoms with E-state index in [0.29, 0.717) is 14.5 Å². The molecule has 1 aromatic carbocycles. The number of halogens is 2. The average molecular weight is 321 g/mol. The molecule has 14 heavy (non-hydrogen) atoms. The van der Waals surface area contributed by atoms with Crippen LogP contribution in [0, 0.1) is 11.3 Å². The van der Waals surface area contributed by atoms with Gasteiger partial charge >= 0.3 is 0 Å². The largest absolute Gasteiger partial charge is 0.384 e. The average Bonchev–Trinajstić information content (AvgIpc) is 2.16. The van der Waals surface area contributed by atoms with E-state index in [1.165, 1.54) is 0 Å². The Bertz CT molecular complexity index is 355. The summed E-state index contributed by atoms with van der Waals surface area (Å²) in [6.45, 7) is 0. The van der Waals surface area contributed by atoms with Crippen LogP contribution >= 0.6 is 31.9 Å². The maximum atomic E-state index is 9.62. The Balaban J connectivity index is 3.13. The first-order valence-electron chi connectivity index (χ1n) is 3.77. The van der Waals surface area contributed by atoms with Crippen LogP contribution in [-0.2, 0) is 0 Å². The van der Waals surface area contributed by atoms with Crippen LogP contribution in [0.3, 0.4) is 0 Å². The first-order chi connectivity index (χ1) is 6.57. The Morgan fingerprint density at radius 1 is 1.21 bits per heavy atom. The smallest absolute Gasteiger partial charge is 0.170 e. The second-order valence-corrected chi connectivity index (χ2v) is 4.36. The van der Waals surface area contributed by atoms with E-state index in [2.05, 4.69) is 31.9 Å². The standard InChI is InChI=1S/C9H7Br2NO2/c10-5-2-1-3-6(11)8(5)9(14)7(13)4-12/h1-3,7,9,13-14H. The number of nitrogens with zero attached hydrogens (tertiary/aromatic N) is 1. The summed E-state index contributed by atoms with van der Waals surface area (Å²) in [6.07, 6.45) is -2.64. The molecule has 1 rings (SSSR count). The molecular weight excluding hydrogens is 314 g/mol. The SMILES string of the molecule is N#CC(O)C(O)c1c(Br)cccc1Br. The lowest BCUT2D eigenvalue weighted by Crippen LogP contribution is -2.16. The Labute approximate surface area is 98.2 Å². The van der Waals surface area contributed by atoms with Crippen molar-refractivity contribution in [2.24, 2.45) is 0 Å². The van der Waals surface area contributed by atoms with E-state index < -0.39 is 12.2 Å². The van der Waals surface area contributed by atoms with Gasteiger partial charge in [-0.15, -0.1) is 0 Å². The molecule has 2 atom stereocenters. The molecule has 0 radical (unpaired) electrons. The highest BCUT2D eigenvalue weighted by Gasteiger charge is 2.22. The van der Waals surface area contributed by atoms with Gasteiger partial charge in [0.15, 0.2) is 6.10 Å². The van der Waals surface area contributed by atoms with E-state index in [1.54, 1.807) is 24.3 Å². The third-order valence-electron chi connectivity index (χ3n) is 1.73. The molecule has 0 spiro atoms. The van der Waals surface area contributed by atoms with Gasteiger partial charge in [0.25, 0.3) is 0 Å². The molecule has 2 N–H and O–H groups in total. The highest BCUT2D eigenvalue weighted by Crippen LogP contribution is 2.32. The van der Waals surface area contributed by atoms with Gasteiger partial charge in [-0.3, -0.25) is 0 Å². The van der Waals surface area contributed by atoms with Gasteiger partial charge in [-0.1, -0.05) is 37.9 Å². The van der Waals surface area contributed by atoms with E-state index in [-0.39, 0.29) is 0 Å². The molecule has 0 saturated carbocycles. The fourth-order valence-electron chi connectivity index (χ4n) is 1.02. The molecule has 0 aliphatic rings. The van der Waals surface area contributed by atoms with Gasteiger partial charge in [0.2, 0.25) is 0 Å². The molecule has 2 unspecified atom stereocenters. The monoisotopic (exact) mass is 319 g/mol. The summed E-state index contributed by atoms with van der Waals surface area (Å²) < 4.78 is 1.29. The minimum atomic E-state index is -1.43. The predicted octanol–water partition coefficient (Wildman–Crippen LogP) is 2.13. The molecule has 3 nitrogen and oxygen atoms in total. The van der Waals surface area contributed by atoms with E-state index in [4.69, 9.17) is 5.26 Å². The van der Waals surface area contributed by atoms with Gasteiger partial charge in [-0.05, 0) is 12.1 Å². The first kappa shape index (κ1) is 11.7. The Morgan fingerprint density at radius 2 is 1.71 bits per heavy atom. The molecule has 5 heteroatoms. The fourth-order valence-corrected chi connectivity index (χ4v) is 2.49. The molecule has 0 bridgehead atoms. The minimum Gasteiger partial charge on any atom is -0.384 e. The fraction of sp³-hybridized carbons (Fsp3) is 0.222. The van der Waals surface area contributed by atoms with Crippen LogP contribution in [0.5, 0.6) is 0 Å². The summed E-state index contributed by atoms with van der Waals surface area (Å²) in [5.41, 5.74) is 0.474. The van der Waals surface area contributed by atoms with Crippen molar-refractivity contribution in [3.05, 3.63) is 32.7 Å². The number of aliphatic hydroxyl groups excluding tert-OH is 2. The van der Waals surface area contributed by atoms with Gasteiger partial charge in [-0.25, -0.2) is 0 Å². The number of hydrogen-bond acceptors (Lipinski definition) is 3. The van der Waals surface area contributed by atoms with Gasteiger partial charge in [-0.2, -0.15) is 5.26 Å². The van der Waals surface area contributed by atoms with E-state index in [9.17, 15) is 10.2 Å². The number of rotatable bonds is 2. The molecule has 0 aliphatic heterocycles. The number of benzene rings is 1. The van der Waals surface area contributed by atoms with Gasteiger partial charge in [0, 0.05) is 14.5 Å². The Hall–Kier alpha value is -0.410. The molecule has 0 heterocycles. The normalized spacial score (nSPS) is 14.5. The van der Waals surface area contributed by atoms with Crippen LogP contribution in [0.2, 0.25) is 0 Å². The summed E-state index contributed by atoms with van der Waals surface area (Å²) in [4.78, 5) is 0. The summed E-state index contributed by atoms with van der Waals surface area (Å²) in [5.74, 6) is 0. The molecule has 0 aromatic heterocycles. The number of hydrogen-bond donors (Lipinski definition) is 2. The highest BCUT2D eigenvalue weighted by atomic mass is 79.9. The zero-order valence-corrected chi connectivity index (χ0v) is 10.2. The summed E-state index contributed by atoms with van der Waals surface area (Å²) in [6, 6.07) is 6.82. The topological polar surface area (TPSA) is 64.2 Å². The van der Waals surface area contributed by atoms with Gasteiger partial charge < -0.3 is 10.2 Å². The van der Waals surface area contributed by atoms with Crippen LogP contribution in [-0.4, -0.2) is 16.3 Å². The van der Waals surface area contributed by atoms with Crippen molar-refractivity contribution in [1.82, 2.24) is 0 Å². The van der Waals surface area contributed by atoms with Crippen molar-refractivity contribution in [3.63, 3.8) is 0 Å². The van der Waals surface area contributed by atoms with Gasteiger partial charge in [0.05, 0.1) is 6.07 Å². The number of aliphatic hydroxyl groups is 2. The zero-order valence-electron chi connectivity index (χ0n) is 6.98. The maximum absolute atomic E-state index is 9.62. The van der Waals surface area contributed by atoms with Crippen LogP contribution in [0.1, 0.15) is 11.7 Å². The lowest BCUT2D eigenvalue weighted by molar-refractivity contribution is 0.0518. The quantitative estimate of drug-likeness (QED) is 0.820. The minimum absolute atomic E-state index is 0.474. The van der Waals surface area contributed by atoms with Crippen LogP contribution in [0.4, 0.5) is 0 Å². The van der Waals surface area contributed by atoms with E-state index >= 15 is 0 Å². The van der Waals surface area contributed by atoms with Gasteiger partial charge in [0.1, 0.15) is 6.10 Å². The van der Waals surface area contributed by atoms with Crippen molar-refractivity contribution in [1.29, 1.82) is 5.26 Å². The first-order valence-corrected chi connectivity index (χ1v) is 5.36. The second kappa shape index (κ2) is 4.89. The lowest BCUT2D eigenvalue weighted by Gasteiger charge is -2.15. The third-order valence-corrected chi connectivity index (χ3v) is 3.11. The zero-order chi connectivity index (χ0) is 10.7. The summed E-state index contributed by atoms with van der Waals surface area (Å²) in [5, 5.41) is 27.3. The van der Waals surface area contributed by atoms with Crippen LogP contribution < -0.4 is 0 Å². The molecular formula is C9H7Br2NO2. The highest BCUT2D eigenvalue weighted by molar-refractivity contribution is 9.11. The van der Waals surface area contributed by atoms with Crippen molar-refractivity contribution in [3.8, 4) is 6.07 Å². The third kappa shape index (κ3) is 2.34. The predicted molar refractivity (Wildman–Crippen MR) is 58.4 cm³/mol. The molecule has 0 fully saturated rings. The second-order valence-electron chi connectivity index (χ2n) is 2.65. The maximum Gasteiger partial charge on any atom is 0.170 e. The summed E-state index contributed by atoms with van der Waals surface area (Å²) >= 11 is 6.47. The van der Waals surface area contributed by atoms with Crippen molar-refractivity contribution < 1.29 is 10.2 Å². The van der Waals surface area contributed by atoms with E-state index in [0.717, 1.165) is 0 Å². The van der Waals surface area contributed by atoms with Crippen LogP contribution in [0.25, 0.3) is 0 Å². The number of nitriles is 1. The lowest BCUT2D eigenvalue weighted by atomic mass is 10.1. The molecule has 0 aliphatic carbocycles. The van der Waals surface area contributed by atoms with Crippen molar-refractivity contribution >= 4 is 31.9 Å². The molecule has 0 amide bonds.